The Morgan fingerprint density at radius 3 is 2.34 bits per heavy atom. The third-order valence-electron chi connectivity index (χ3n) is 5.63. The van der Waals surface area contributed by atoms with E-state index in [2.05, 4.69) is 15.2 Å². The summed E-state index contributed by atoms with van der Waals surface area (Å²) in [4.78, 5) is 23.7. The zero-order valence-electron chi connectivity index (χ0n) is 17.7. The summed E-state index contributed by atoms with van der Waals surface area (Å²) < 4.78 is 21.0. The van der Waals surface area contributed by atoms with Crippen molar-refractivity contribution in [3.8, 4) is 11.3 Å². The maximum Gasteiger partial charge on any atom is 0.470 e. The van der Waals surface area contributed by atoms with E-state index in [0.29, 0.717) is 5.56 Å². The number of aromatic nitrogens is 5. The first-order valence-electron chi connectivity index (χ1n) is 10.0. The van der Waals surface area contributed by atoms with Crippen LogP contribution < -0.4 is 0 Å². The first kappa shape index (κ1) is 22.1. The second-order valence-corrected chi connectivity index (χ2v) is 8.78. The Labute approximate surface area is 185 Å². The molecule has 0 saturated heterocycles. The lowest BCUT2D eigenvalue weighted by atomic mass is 9.78. The predicted octanol–water partition coefficient (Wildman–Crippen LogP) is 3.49. The molecule has 32 heavy (non-hydrogen) atoms. The van der Waals surface area contributed by atoms with Gasteiger partial charge in [0.15, 0.2) is 0 Å². The Morgan fingerprint density at radius 1 is 1.06 bits per heavy atom. The van der Waals surface area contributed by atoms with Gasteiger partial charge in [-0.1, -0.05) is 61.5 Å². The van der Waals surface area contributed by atoms with Gasteiger partial charge in [-0.3, -0.25) is 9.21 Å². The maximum atomic E-state index is 12.1. The van der Waals surface area contributed by atoms with Gasteiger partial charge in [-0.2, -0.15) is 10.2 Å². The van der Waals surface area contributed by atoms with E-state index < -0.39 is 19.3 Å². The van der Waals surface area contributed by atoms with Crippen LogP contribution in [-0.2, 0) is 28.3 Å². The third kappa shape index (κ3) is 4.56. The highest BCUT2D eigenvalue weighted by Gasteiger charge is 2.45. The standard InChI is InChI=1S/C22H24N5O4P/c1-17(18-8-10-19(11-9-18)21-12-13-24-26(21)2)22(31-32(28,29)30,14-27-16-23-15-25-27)20-6-4-3-5-7-20/h3-13,15-17H,14H2,1-2H3,(H2,28,29,30)/t17-,22+/m0/s1. The molecule has 166 valence electrons. The second kappa shape index (κ2) is 8.80. The number of benzene rings is 2. The van der Waals surface area contributed by atoms with Crippen LogP contribution in [0.5, 0.6) is 0 Å². The minimum atomic E-state index is -4.87. The summed E-state index contributed by atoms with van der Waals surface area (Å²) >= 11 is 0. The number of phosphoric acid groups is 1. The summed E-state index contributed by atoms with van der Waals surface area (Å²) in [6.07, 6.45) is 4.61. The molecule has 0 aliphatic rings. The molecule has 2 aromatic carbocycles. The molecule has 0 aliphatic heterocycles. The fourth-order valence-electron chi connectivity index (χ4n) is 4.00. The predicted molar refractivity (Wildman–Crippen MR) is 118 cm³/mol. The van der Waals surface area contributed by atoms with Crippen LogP contribution in [-0.4, -0.2) is 34.3 Å². The molecule has 0 fully saturated rings. The van der Waals surface area contributed by atoms with Crippen LogP contribution in [0.15, 0.2) is 79.5 Å². The van der Waals surface area contributed by atoms with Crippen LogP contribution in [0.25, 0.3) is 11.3 Å². The van der Waals surface area contributed by atoms with Gasteiger partial charge in [0.25, 0.3) is 0 Å². The zero-order chi connectivity index (χ0) is 22.8. The monoisotopic (exact) mass is 453 g/mol. The molecule has 4 aromatic rings. The van der Waals surface area contributed by atoms with Gasteiger partial charge in [-0.05, 0) is 22.8 Å². The van der Waals surface area contributed by atoms with E-state index in [9.17, 15) is 14.4 Å². The minimum absolute atomic E-state index is 0.0623. The normalized spacial score (nSPS) is 14.8. The van der Waals surface area contributed by atoms with E-state index in [1.165, 1.54) is 17.3 Å². The molecule has 4 rings (SSSR count). The Balaban J connectivity index is 1.81. The molecular weight excluding hydrogens is 429 g/mol. The van der Waals surface area contributed by atoms with E-state index >= 15 is 0 Å². The van der Waals surface area contributed by atoms with Gasteiger partial charge in [0.2, 0.25) is 0 Å². The topological polar surface area (TPSA) is 115 Å². The average Bonchev–Trinajstić information content (AvgIpc) is 3.44. The summed E-state index contributed by atoms with van der Waals surface area (Å²) in [5.41, 5.74) is 2.03. The molecular formula is C22H24N5O4P. The number of hydrogen-bond acceptors (Lipinski definition) is 5. The van der Waals surface area contributed by atoms with Crippen molar-refractivity contribution >= 4 is 7.82 Å². The Kier molecular flexibility index (Phi) is 6.08. The molecule has 0 spiro atoms. The van der Waals surface area contributed by atoms with E-state index in [-0.39, 0.29) is 6.54 Å². The summed E-state index contributed by atoms with van der Waals surface area (Å²) in [7, 11) is -3.00. The van der Waals surface area contributed by atoms with Gasteiger partial charge in [0.05, 0.1) is 12.2 Å². The fourth-order valence-corrected chi connectivity index (χ4v) is 4.74. The van der Waals surface area contributed by atoms with Gasteiger partial charge in [0, 0.05) is 19.2 Å². The lowest BCUT2D eigenvalue weighted by Gasteiger charge is -2.39. The van der Waals surface area contributed by atoms with E-state index in [1.807, 2.05) is 62.5 Å². The number of hydrogen-bond donors (Lipinski definition) is 2. The highest BCUT2D eigenvalue weighted by Crippen LogP contribution is 2.52. The van der Waals surface area contributed by atoms with Gasteiger partial charge in [-0.25, -0.2) is 14.2 Å². The number of aryl methyl sites for hydroxylation is 1. The lowest BCUT2D eigenvalue weighted by molar-refractivity contribution is -0.00785. The number of phosphoric ester groups is 1. The molecule has 0 aliphatic carbocycles. The van der Waals surface area contributed by atoms with E-state index in [0.717, 1.165) is 16.8 Å². The summed E-state index contributed by atoms with van der Waals surface area (Å²) in [5.74, 6) is -0.442. The fraction of sp³-hybridized carbons (Fsp3) is 0.227. The Bertz CT molecular complexity index is 1200. The van der Waals surface area contributed by atoms with Crippen molar-refractivity contribution in [2.45, 2.75) is 25.0 Å². The maximum absolute atomic E-state index is 12.1. The number of rotatable bonds is 8. The Morgan fingerprint density at radius 2 is 1.78 bits per heavy atom. The van der Waals surface area contributed by atoms with Crippen molar-refractivity contribution in [3.63, 3.8) is 0 Å². The quantitative estimate of drug-likeness (QED) is 0.393. The molecule has 0 unspecified atom stereocenters. The summed E-state index contributed by atoms with van der Waals surface area (Å²) in [6.45, 7) is 1.95. The van der Waals surface area contributed by atoms with Crippen LogP contribution in [0.4, 0.5) is 0 Å². The molecule has 2 heterocycles. The van der Waals surface area contributed by atoms with Crippen LogP contribution in [0.2, 0.25) is 0 Å². The third-order valence-corrected chi connectivity index (χ3v) is 6.20. The second-order valence-electron chi connectivity index (χ2n) is 7.61. The van der Waals surface area contributed by atoms with Gasteiger partial charge < -0.3 is 9.79 Å². The van der Waals surface area contributed by atoms with Crippen molar-refractivity contribution in [2.75, 3.05) is 0 Å². The van der Waals surface area contributed by atoms with Crippen LogP contribution in [0.1, 0.15) is 24.0 Å². The molecule has 0 saturated carbocycles. The van der Waals surface area contributed by atoms with Crippen molar-refractivity contribution < 1.29 is 18.9 Å². The first-order chi connectivity index (χ1) is 15.3. The summed E-state index contributed by atoms with van der Waals surface area (Å²) in [6, 6.07) is 18.8. The van der Waals surface area contributed by atoms with Gasteiger partial charge >= 0.3 is 7.82 Å². The molecule has 0 radical (unpaired) electrons. The molecule has 10 heteroatoms. The van der Waals surface area contributed by atoms with E-state index in [1.54, 1.807) is 23.0 Å². The van der Waals surface area contributed by atoms with Gasteiger partial charge in [-0.15, -0.1) is 0 Å². The number of nitrogens with zero attached hydrogens (tertiary/aromatic N) is 5. The van der Waals surface area contributed by atoms with Crippen LogP contribution in [0, 0.1) is 0 Å². The summed E-state index contributed by atoms with van der Waals surface area (Å²) in [5, 5.41) is 8.36. The first-order valence-corrected chi connectivity index (χ1v) is 11.5. The smallest absolute Gasteiger partial charge is 0.303 e. The Hall–Kier alpha value is -3.10. The SMILES string of the molecule is C[C@@H](c1ccc(-c2ccnn2C)cc1)[C@@](Cn1cncn1)(OP(=O)(O)O)c1ccccc1. The molecule has 2 atom stereocenters. The molecule has 2 aromatic heterocycles. The molecule has 2 N–H and O–H groups in total. The van der Waals surface area contributed by atoms with Crippen molar-refractivity contribution in [1.29, 1.82) is 0 Å². The highest BCUT2D eigenvalue weighted by molar-refractivity contribution is 7.46. The average molecular weight is 453 g/mol. The molecule has 0 amide bonds. The van der Waals surface area contributed by atoms with Crippen molar-refractivity contribution in [1.82, 2.24) is 24.5 Å². The molecule has 9 nitrogen and oxygen atoms in total. The minimum Gasteiger partial charge on any atom is -0.303 e. The zero-order valence-corrected chi connectivity index (χ0v) is 18.6. The lowest BCUT2D eigenvalue weighted by Crippen LogP contribution is -2.39. The van der Waals surface area contributed by atoms with E-state index in [4.69, 9.17) is 4.52 Å². The van der Waals surface area contributed by atoms with Gasteiger partial charge in [0.1, 0.15) is 18.3 Å². The van der Waals surface area contributed by atoms with Crippen LogP contribution >= 0.6 is 7.82 Å². The van der Waals surface area contributed by atoms with Crippen molar-refractivity contribution in [2.24, 2.45) is 7.05 Å². The largest absolute Gasteiger partial charge is 0.470 e. The van der Waals surface area contributed by atoms with Crippen LogP contribution in [0.3, 0.4) is 0 Å². The highest BCUT2D eigenvalue weighted by atomic mass is 31.2. The molecule has 0 bridgehead atoms. The van der Waals surface area contributed by atoms with Crippen molar-refractivity contribution in [3.05, 3.63) is 90.6 Å².